The average Bonchev–Trinajstić information content (AvgIpc) is 2.93. The summed E-state index contributed by atoms with van der Waals surface area (Å²) in [7, 11) is 0. The number of rotatable bonds is 7. The molecule has 6 heteroatoms. The summed E-state index contributed by atoms with van der Waals surface area (Å²) in [6, 6.07) is 0. The Morgan fingerprint density at radius 1 is 1.40 bits per heavy atom. The first-order valence-electron chi connectivity index (χ1n) is 7.53. The van der Waals surface area contributed by atoms with Crippen molar-refractivity contribution in [2.45, 2.75) is 45.6 Å². The molecule has 0 radical (unpaired) electrons. The summed E-state index contributed by atoms with van der Waals surface area (Å²) in [6.07, 6.45) is 8.19. The number of aromatic carboxylic acids is 1. The summed E-state index contributed by atoms with van der Waals surface area (Å²) in [4.78, 5) is 10.7. The quantitative estimate of drug-likeness (QED) is 0.744. The molecule has 0 saturated heterocycles. The van der Waals surface area contributed by atoms with E-state index in [1.54, 1.807) is 4.68 Å². The highest BCUT2D eigenvalue weighted by Crippen LogP contribution is 2.29. The number of carbonyl (C=O) groups is 1. The zero-order valence-electron chi connectivity index (χ0n) is 12.1. The van der Waals surface area contributed by atoms with E-state index in [0.717, 1.165) is 24.9 Å². The van der Waals surface area contributed by atoms with Crippen LogP contribution in [0.25, 0.3) is 0 Å². The molecule has 0 aromatic carbocycles. The minimum absolute atomic E-state index is 0.00267. The van der Waals surface area contributed by atoms with E-state index >= 15 is 0 Å². The van der Waals surface area contributed by atoms with Gasteiger partial charge in [0.2, 0.25) is 0 Å². The summed E-state index contributed by atoms with van der Waals surface area (Å²) in [5.41, 5.74) is 0.00267. The summed E-state index contributed by atoms with van der Waals surface area (Å²) in [6.45, 7) is 4.80. The number of hydrogen-bond acceptors (Lipinski definition) is 4. The third-order valence-electron chi connectivity index (χ3n) is 4.25. The molecule has 0 unspecified atom stereocenters. The Balaban J connectivity index is 1.60. The van der Waals surface area contributed by atoms with Crippen LogP contribution in [0.15, 0.2) is 6.20 Å². The summed E-state index contributed by atoms with van der Waals surface area (Å²) in [5, 5.41) is 19.6. The SMILES string of the molecule is CCC1CCC(CNCCn2cc(C(=O)O)nn2)CC1. The van der Waals surface area contributed by atoms with Gasteiger partial charge in [-0.3, -0.25) is 4.68 Å². The van der Waals surface area contributed by atoms with E-state index < -0.39 is 5.97 Å². The smallest absolute Gasteiger partial charge is 0.358 e. The van der Waals surface area contributed by atoms with E-state index in [1.165, 1.54) is 38.3 Å². The molecular formula is C14H24N4O2. The van der Waals surface area contributed by atoms with Crippen molar-refractivity contribution in [3.63, 3.8) is 0 Å². The molecule has 2 N–H and O–H groups in total. The van der Waals surface area contributed by atoms with Gasteiger partial charge in [0.1, 0.15) is 0 Å². The Hall–Kier alpha value is -1.43. The van der Waals surface area contributed by atoms with Crippen LogP contribution in [0.5, 0.6) is 0 Å². The second-order valence-corrected chi connectivity index (χ2v) is 5.67. The highest BCUT2D eigenvalue weighted by molar-refractivity contribution is 5.84. The van der Waals surface area contributed by atoms with E-state index in [9.17, 15) is 4.79 Å². The monoisotopic (exact) mass is 280 g/mol. The number of carboxylic acids is 1. The van der Waals surface area contributed by atoms with Crippen molar-refractivity contribution in [1.82, 2.24) is 20.3 Å². The van der Waals surface area contributed by atoms with E-state index in [-0.39, 0.29) is 5.69 Å². The van der Waals surface area contributed by atoms with E-state index in [0.29, 0.717) is 6.54 Å². The first-order chi connectivity index (χ1) is 9.69. The van der Waals surface area contributed by atoms with E-state index in [1.807, 2.05) is 0 Å². The Bertz CT molecular complexity index is 425. The second kappa shape index (κ2) is 7.38. The number of nitrogens with one attached hydrogen (secondary N) is 1. The molecule has 1 aliphatic carbocycles. The van der Waals surface area contributed by atoms with Crippen LogP contribution in [0.2, 0.25) is 0 Å². The average molecular weight is 280 g/mol. The van der Waals surface area contributed by atoms with Gasteiger partial charge < -0.3 is 10.4 Å². The van der Waals surface area contributed by atoms with Crippen LogP contribution in [0, 0.1) is 11.8 Å². The lowest BCUT2D eigenvalue weighted by Gasteiger charge is -2.27. The van der Waals surface area contributed by atoms with Gasteiger partial charge in [0.05, 0.1) is 12.7 Å². The molecule has 1 aromatic heterocycles. The Morgan fingerprint density at radius 2 is 2.10 bits per heavy atom. The molecule has 0 amide bonds. The molecule has 1 heterocycles. The highest BCUT2D eigenvalue weighted by Gasteiger charge is 2.19. The minimum Gasteiger partial charge on any atom is -0.476 e. The normalized spacial score (nSPS) is 22.9. The van der Waals surface area contributed by atoms with Crippen LogP contribution in [-0.2, 0) is 6.54 Å². The van der Waals surface area contributed by atoms with Gasteiger partial charge in [-0.05, 0) is 31.2 Å². The molecule has 1 aliphatic rings. The molecule has 0 spiro atoms. The lowest BCUT2D eigenvalue weighted by Crippen LogP contribution is -2.29. The summed E-state index contributed by atoms with van der Waals surface area (Å²) < 4.78 is 1.57. The molecule has 0 bridgehead atoms. The van der Waals surface area contributed by atoms with Crippen molar-refractivity contribution in [1.29, 1.82) is 0 Å². The summed E-state index contributed by atoms with van der Waals surface area (Å²) in [5.74, 6) is 0.704. The molecular weight excluding hydrogens is 256 g/mol. The van der Waals surface area contributed by atoms with Crippen LogP contribution in [0.3, 0.4) is 0 Å². The highest BCUT2D eigenvalue weighted by atomic mass is 16.4. The molecule has 6 nitrogen and oxygen atoms in total. The number of hydrogen-bond donors (Lipinski definition) is 2. The number of aromatic nitrogens is 3. The van der Waals surface area contributed by atoms with Gasteiger partial charge in [-0.15, -0.1) is 5.10 Å². The maximum absolute atomic E-state index is 10.7. The van der Waals surface area contributed by atoms with Crippen LogP contribution < -0.4 is 5.32 Å². The lowest BCUT2D eigenvalue weighted by atomic mass is 9.81. The van der Waals surface area contributed by atoms with Gasteiger partial charge in [-0.1, -0.05) is 31.4 Å². The van der Waals surface area contributed by atoms with Crippen molar-refractivity contribution >= 4 is 5.97 Å². The van der Waals surface area contributed by atoms with Gasteiger partial charge in [-0.2, -0.15) is 0 Å². The van der Waals surface area contributed by atoms with Crippen molar-refractivity contribution in [3.8, 4) is 0 Å². The van der Waals surface area contributed by atoms with E-state index in [2.05, 4.69) is 22.6 Å². The predicted octanol–water partition coefficient (Wildman–Crippen LogP) is 1.78. The molecule has 1 saturated carbocycles. The predicted molar refractivity (Wildman–Crippen MR) is 75.6 cm³/mol. The summed E-state index contributed by atoms with van der Waals surface area (Å²) >= 11 is 0. The fourth-order valence-electron chi connectivity index (χ4n) is 2.85. The van der Waals surface area contributed by atoms with Gasteiger partial charge in [-0.25, -0.2) is 4.79 Å². The van der Waals surface area contributed by atoms with Crippen LogP contribution in [0.4, 0.5) is 0 Å². The molecule has 112 valence electrons. The first-order valence-corrected chi connectivity index (χ1v) is 7.53. The van der Waals surface area contributed by atoms with Gasteiger partial charge >= 0.3 is 5.97 Å². The zero-order chi connectivity index (χ0) is 14.4. The zero-order valence-corrected chi connectivity index (χ0v) is 12.1. The van der Waals surface area contributed by atoms with Crippen molar-refractivity contribution < 1.29 is 9.90 Å². The van der Waals surface area contributed by atoms with E-state index in [4.69, 9.17) is 5.11 Å². The van der Waals surface area contributed by atoms with Crippen molar-refractivity contribution in [2.24, 2.45) is 11.8 Å². The third kappa shape index (κ3) is 4.30. The largest absolute Gasteiger partial charge is 0.476 e. The topological polar surface area (TPSA) is 80.0 Å². The maximum atomic E-state index is 10.7. The van der Waals surface area contributed by atoms with Gasteiger partial charge in [0, 0.05) is 6.54 Å². The van der Waals surface area contributed by atoms with Crippen molar-refractivity contribution in [3.05, 3.63) is 11.9 Å². The standard InChI is InChI=1S/C14H24N4O2/c1-2-11-3-5-12(6-4-11)9-15-7-8-18-10-13(14(19)20)16-17-18/h10-12,15H,2-9H2,1H3,(H,19,20). The Morgan fingerprint density at radius 3 is 2.70 bits per heavy atom. The maximum Gasteiger partial charge on any atom is 0.358 e. The minimum atomic E-state index is -1.03. The van der Waals surface area contributed by atoms with Gasteiger partial charge in [0.25, 0.3) is 0 Å². The molecule has 1 fully saturated rings. The Kier molecular flexibility index (Phi) is 5.52. The third-order valence-corrected chi connectivity index (χ3v) is 4.25. The molecule has 0 atom stereocenters. The molecule has 2 rings (SSSR count). The fourth-order valence-corrected chi connectivity index (χ4v) is 2.85. The molecule has 1 aromatic rings. The first kappa shape index (κ1) is 15.0. The molecule has 0 aliphatic heterocycles. The van der Waals surface area contributed by atoms with Gasteiger partial charge in [0.15, 0.2) is 5.69 Å². The number of nitrogens with zero attached hydrogens (tertiary/aromatic N) is 3. The fraction of sp³-hybridized carbons (Fsp3) is 0.786. The van der Waals surface area contributed by atoms with Crippen LogP contribution >= 0.6 is 0 Å². The van der Waals surface area contributed by atoms with Crippen molar-refractivity contribution in [2.75, 3.05) is 13.1 Å². The Labute approximate surface area is 119 Å². The second-order valence-electron chi connectivity index (χ2n) is 5.67. The van der Waals surface area contributed by atoms with Crippen LogP contribution in [-0.4, -0.2) is 39.2 Å². The van der Waals surface area contributed by atoms with Crippen LogP contribution in [0.1, 0.15) is 49.5 Å². The molecule has 20 heavy (non-hydrogen) atoms. The number of carboxylic acid groups (broad SMARTS) is 1. The lowest BCUT2D eigenvalue weighted by molar-refractivity contribution is 0.0690.